The molecule has 0 unspecified atom stereocenters. The van der Waals surface area contributed by atoms with Gasteiger partial charge in [0.1, 0.15) is 5.75 Å². The lowest BCUT2D eigenvalue weighted by Crippen LogP contribution is -2.40. The molecular formula is C25H20ClNO4. The Morgan fingerprint density at radius 2 is 1.55 bits per heavy atom. The predicted molar refractivity (Wildman–Crippen MR) is 115 cm³/mol. The average molecular weight is 434 g/mol. The second kappa shape index (κ2) is 6.79. The van der Waals surface area contributed by atoms with E-state index in [1.807, 2.05) is 0 Å². The number of imide groups is 1. The highest BCUT2D eigenvalue weighted by Crippen LogP contribution is 2.65. The first-order valence-corrected chi connectivity index (χ1v) is 11.0. The maximum absolute atomic E-state index is 13.4. The van der Waals surface area contributed by atoms with Crippen molar-refractivity contribution in [1.29, 1.82) is 0 Å². The van der Waals surface area contributed by atoms with Crippen LogP contribution in [0.1, 0.15) is 16.8 Å². The number of halogens is 1. The number of rotatable bonds is 5. The highest BCUT2D eigenvalue weighted by Gasteiger charge is 2.67. The third-order valence-electron chi connectivity index (χ3n) is 7.29. The highest BCUT2D eigenvalue weighted by molar-refractivity contribution is 6.30. The number of carbonyl (C=O) groups excluding carboxylic acids is 3. The molecule has 156 valence electrons. The van der Waals surface area contributed by atoms with Crippen molar-refractivity contribution in [1.82, 2.24) is 0 Å². The molecule has 2 aromatic carbocycles. The van der Waals surface area contributed by atoms with E-state index in [4.69, 9.17) is 16.3 Å². The average Bonchev–Trinajstić information content (AvgIpc) is 3.56. The summed E-state index contributed by atoms with van der Waals surface area (Å²) in [5.41, 5.74) is 0.909. The molecule has 1 heterocycles. The van der Waals surface area contributed by atoms with E-state index in [9.17, 15) is 14.4 Å². The number of benzene rings is 2. The maximum atomic E-state index is 13.4. The fourth-order valence-electron chi connectivity index (χ4n) is 5.82. The van der Waals surface area contributed by atoms with Gasteiger partial charge in [-0.05, 0) is 66.5 Å². The van der Waals surface area contributed by atoms with E-state index in [1.54, 1.807) is 48.5 Å². The monoisotopic (exact) mass is 433 g/mol. The van der Waals surface area contributed by atoms with Gasteiger partial charge in [-0.2, -0.15) is 0 Å². The minimum absolute atomic E-state index is 0.139. The van der Waals surface area contributed by atoms with Gasteiger partial charge in [0.05, 0.1) is 17.5 Å². The van der Waals surface area contributed by atoms with E-state index in [0.29, 0.717) is 33.9 Å². The van der Waals surface area contributed by atoms with Gasteiger partial charge in [-0.1, -0.05) is 35.9 Å². The number of allylic oxidation sites excluding steroid dienone is 2. The largest absolute Gasteiger partial charge is 0.483 e. The summed E-state index contributed by atoms with van der Waals surface area (Å²) in [7, 11) is 0. The molecule has 7 rings (SSSR count). The summed E-state index contributed by atoms with van der Waals surface area (Å²) in [6, 6.07) is 13.5. The minimum atomic E-state index is -0.269. The summed E-state index contributed by atoms with van der Waals surface area (Å²) in [5.74, 6) is 0.775. The quantitative estimate of drug-likeness (QED) is 0.403. The van der Waals surface area contributed by atoms with Crippen molar-refractivity contribution in [3.05, 3.63) is 71.3 Å². The molecule has 3 fully saturated rings. The van der Waals surface area contributed by atoms with Crippen molar-refractivity contribution in [3.8, 4) is 5.75 Å². The molecule has 2 bridgehead atoms. The van der Waals surface area contributed by atoms with Crippen molar-refractivity contribution in [3.63, 3.8) is 0 Å². The summed E-state index contributed by atoms with van der Waals surface area (Å²) in [5, 5.41) is 0.552. The molecule has 0 radical (unpaired) electrons. The van der Waals surface area contributed by atoms with Crippen molar-refractivity contribution in [2.75, 3.05) is 11.5 Å². The lowest BCUT2D eigenvalue weighted by atomic mass is 9.63. The molecular weight excluding hydrogens is 414 g/mol. The van der Waals surface area contributed by atoms with Crippen LogP contribution in [0.2, 0.25) is 5.02 Å². The van der Waals surface area contributed by atoms with Crippen LogP contribution in [0.5, 0.6) is 5.75 Å². The van der Waals surface area contributed by atoms with Gasteiger partial charge >= 0.3 is 0 Å². The number of para-hydroxylation sites is 2. The molecule has 31 heavy (non-hydrogen) atoms. The molecule has 0 N–H and O–H groups in total. The second-order valence-electron chi connectivity index (χ2n) is 8.85. The van der Waals surface area contributed by atoms with Crippen molar-refractivity contribution < 1.29 is 19.1 Å². The van der Waals surface area contributed by atoms with E-state index in [2.05, 4.69) is 12.2 Å². The molecule has 0 spiro atoms. The number of hydrogen-bond acceptors (Lipinski definition) is 4. The van der Waals surface area contributed by atoms with Gasteiger partial charge in [0.15, 0.2) is 12.4 Å². The Kier molecular flexibility index (Phi) is 4.12. The van der Waals surface area contributed by atoms with Gasteiger partial charge in [0.25, 0.3) is 0 Å². The smallest absolute Gasteiger partial charge is 0.238 e. The van der Waals surface area contributed by atoms with Gasteiger partial charge in [-0.3, -0.25) is 14.4 Å². The van der Waals surface area contributed by atoms with Crippen LogP contribution in [0.3, 0.4) is 0 Å². The van der Waals surface area contributed by atoms with Crippen LogP contribution in [0, 0.1) is 35.5 Å². The number of Topliss-reactive ketones (excluding diaryl/α,β-unsaturated/α-hetero) is 1. The third kappa shape index (κ3) is 2.79. The fraction of sp³-hybridized carbons (Fsp3) is 0.320. The molecule has 1 aliphatic heterocycles. The number of nitrogens with zero attached hydrogens (tertiary/aromatic N) is 1. The summed E-state index contributed by atoms with van der Waals surface area (Å²) in [6.07, 6.45) is 5.44. The molecule has 4 aliphatic carbocycles. The first-order chi connectivity index (χ1) is 15.0. The van der Waals surface area contributed by atoms with Crippen LogP contribution in [0.4, 0.5) is 5.69 Å². The second-order valence-corrected chi connectivity index (χ2v) is 9.29. The zero-order valence-corrected chi connectivity index (χ0v) is 17.4. The van der Waals surface area contributed by atoms with Crippen LogP contribution in [-0.2, 0) is 9.59 Å². The Labute approximate surface area is 184 Å². The molecule has 2 saturated carbocycles. The molecule has 5 nitrogen and oxygen atoms in total. The molecule has 5 aliphatic rings. The van der Waals surface area contributed by atoms with Gasteiger partial charge in [0.2, 0.25) is 11.8 Å². The van der Waals surface area contributed by atoms with Gasteiger partial charge in [-0.25, -0.2) is 4.90 Å². The fourth-order valence-corrected chi connectivity index (χ4v) is 5.95. The van der Waals surface area contributed by atoms with E-state index in [1.165, 1.54) is 4.90 Å². The van der Waals surface area contributed by atoms with E-state index < -0.39 is 0 Å². The number of carbonyl (C=O) groups is 3. The predicted octanol–water partition coefficient (Wildman–Crippen LogP) is 4.16. The van der Waals surface area contributed by atoms with Crippen LogP contribution in [-0.4, -0.2) is 24.2 Å². The molecule has 0 aromatic heterocycles. The molecule has 6 heteroatoms. The summed E-state index contributed by atoms with van der Waals surface area (Å²) in [4.78, 5) is 40.6. The Hall–Kier alpha value is -2.92. The number of ether oxygens (including phenoxy) is 1. The van der Waals surface area contributed by atoms with E-state index in [0.717, 1.165) is 6.42 Å². The van der Waals surface area contributed by atoms with Crippen molar-refractivity contribution in [2.24, 2.45) is 35.5 Å². The SMILES string of the molecule is O=C(COc1ccccc1N1C(=O)[C@@H]2[C@H]3C=C[C@@H]([C@@H]4C[C@H]34)[C@@H]2C1=O)c1ccc(Cl)cc1. The first-order valence-electron chi connectivity index (χ1n) is 10.6. The highest BCUT2D eigenvalue weighted by atomic mass is 35.5. The Balaban J connectivity index is 1.26. The topological polar surface area (TPSA) is 63.7 Å². The molecule has 2 amide bonds. The first kappa shape index (κ1) is 18.8. The lowest BCUT2D eigenvalue weighted by Gasteiger charge is -2.37. The zero-order chi connectivity index (χ0) is 21.3. The van der Waals surface area contributed by atoms with Gasteiger partial charge < -0.3 is 4.74 Å². The summed E-state index contributed by atoms with van der Waals surface area (Å²) in [6.45, 7) is -0.196. The Morgan fingerprint density at radius 1 is 0.935 bits per heavy atom. The number of amides is 2. The number of hydrogen-bond donors (Lipinski definition) is 0. The van der Waals surface area contributed by atoms with Gasteiger partial charge in [0, 0.05) is 10.6 Å². The number of ketones is 1. The van der Waals surface area contributed by atoms with Crippen LogP contribution >= 0.6 is 11.6 Å². The van der Waals surface area contributed by atoms with Crippen molar-refractivity contribution in [2.45, 2.75) is 6.42 Å². The Morgan fingerprint density at radius 3 is 2.19 bits per heavy atom. The van der Waals surface area contributed by atoms with E-state index in [-0.39, 0.29) is 47.9 Å². The molecule has 6 atom stereocenters. The third-order valence-corrected chi connectivity index (χ3v) is 7.55. The summed E-state index contributed by atoms with van der Waals surface area (Å²) < 4.78 is 5.80. The maximum Gasteiger partial charge on any atom is 0.238 e. The summed E-state index contributed by atoms with van der Waals surface area (Å²) >= 11 is 5.88. The van der Waals surface area contributed by atoms with Crippen LogP contribution < -0.4 is 9.64 Å². The zero-order valence-electron chi connectivity index (χ0n) is 16.6. The molecule has 2 aromatic rings. The van der Waals surface area contributed by atoms with Gasteiger partial charge in [-0.15, -0.1) is 0 Å². The van der Waals surface area contributed by atoms with Crippen LogP contribution in [0.15, 0.2) is 60.7 Å². The lowest BCUT2D eigenvalue weighted by molar-refractivity contribution is -0.124. The van der Waals surface area contributed by atoms with E-state index >= 15 is 0 Å². The Bertz CT molecular complexity index is 1100. The van der Waals surface area contributed by atoms with Crippen LogP contribution in [0.25, 0.3) is 0 Å². The standard InChI is InChI=1S/C25H20ClNO4/c26-14-7-5-13(6-8-14)20(28)12-31-21-4-2-1-3-19(21)27-24(29)22-15-9-10-16(18-11-17(15)18)23(22)25(27)30/h1-10,15-18,22-23H,11-12H2/t15-,16-,17-,18+,22-,23+/m0/s1. The molecule has 1 saturated heterocycles. The number of anilines is 1. The normalized spacial score (nSPS) is 32.1. The van der Waals surface area contributed by atoms with Crippen molar-refractivity contribution >= 4 is 34.9 Å². The minimum Gasteiger partial charge on any atom is -0.483 e.